The second kappa shape index (κ2) is 11.1. The fourth-order valence-electron chi connectivity index (χ4n) is 5.08. The number of aromatic nitrogens is 3. The number of fused-ring (bicyclic) bond motifs is 2. The molecular formula is C26H31F3N4O3S. The summed E-state index contributed by atoms with van der Waals surface area (Å²) in [5.41, 5.74) is 2.40. The van der Waals surface area contributed by atoms with Gasteiger partial charge in [-0.3, -0.25) is 9.48 Å². The summed E-state index contributed by atoms with van der Waals surface area (Å²) in [5.74, 6) is 0.370. The Hall–Kier alpha value is -2.50. The normalized spacial score (nSPS) is 21.1. The zero-order valence-electron chi connectivity index (χ0n) is 20.8. The third kappa shape index (κ3) is 6.88. The molecule has 2 aromatic heterocycles. The Morgan fingerprint density at radius 1 is 1.24 bits per heavy atom. The van der Waals surface area contributed by atoms with E-state index in [1.54, 1.807) is 4.68 Å². The van der Waals surface area contributed by atoms with Gasteiger partial charge in [-0.05, 0) is 37.7 Å². The van der Waals surface area contributed by atoms with E-state index in [1.165, 1.54) is 11.3 Å². The first kappa shape index (κ1) is 26.1. The number of benzene rings is 1. The molecule has 0 bridgehead atoms. The smallest absolute Gasteiger partial charge is 0.422 e. The Bertz CT molecular complexity index is 1210. The molecule has 3 aromatic rings. The molecule has 200 valence electrons. The maximum atomic E-state index is 12.8. The van der Waals surface area contributed by atoms with Gasteiger partial charge in [-0.25, -0.2) is 4.98 Å². The van der Waals surface area contributed by atoms with Crippen LogP contribution in [0.15, 0.2) is 24.4 Å². The average molecular weight is 537 g/mol. The zero-order valence-corrected chi connectivity index (χ0v) is 21.6. The van der Waals surface area contributed by atoms with Crippen LogP contribution in [0.1, 0.15) is 46.6 Å². The van der Waals surface area contributed by atoms with Gasteiger partial charge in [0.2, 0.25) is 0 Å². The van der Waals surface area contributed by atoms with Crippen LogP contribution in [0.5, 0.6) is 5.19 Å². The molecule has 4 heterocycles. The maximum Gasteiger partial charge on any atom is 0.422 e. The van der Waals surface area contributed by atoms with E-state index in [2.05, 4.69) is 15.0 Å². The first-order valence-electron chi connectivity index (χ1n) is 12.7. The molecule has 0 amide bonds. The Kier molecular flexibility index (Phi) is 7.83. The molecule has 1 fully saturated rings. The molecule has 0 saturated carbocycles. The third-order valence-corrected chi connectivity index (χ3v) is 8.16. The number of hydrogen-bond acceptors (Lipinski definition) is 7. The number of aryl methyl sites for hydroxylation is 1. The van der Waals surface area contributed by atoms with Crippen molar-refractivity contribution in [1.29, 1.82) is 0 Å². The van der Waals surface area contributed by atoms with Crippen LogP contribution in [0.3, 0.4) is 0 Å². The zero-order chi connectivity index (χ0) is 26.0. The van der Waals surface area contributed by atoms with Gasteiger partial charge in [0.05, 0.1) is 23.9 Å². The van der Waals surface area contributed by atoms with Crippen molar-refractivity contribution in [2.75, 3.05) is 32.8 Å². The highest BCUT2D eigenvalue weighted by Gasteiger charge is 2.30. The summed E-state index contributed by atoms with van der Waals surface area (Å²) in [5, 5.41) is 5.53. The minimum absolute atomic E-state index is 0.108. The van der Waals surface area contributed by atoms with Crippen LogP contribution in [-0.4, -0.2) is 70.6 Å². The first-order chi connectivity index (χ1) is 17.7. The molecule has 37 heavy (non-hydrogen) atoms. The highest BCUT2D eigenvalue weighted by Crippen LogP contribution is 2.30. The number of alkyl halides is 3. The maximum absolute atomic E-state index is 12.8. The van der Waals surface area contributed by atoms with Gasteiger partial charge in [0.25, 0.3) is 5.19 Å². The van der Waals surface area contributed by atoms with Crippen LogP contribution >= 0.6 is 11.3 Å². The van der Waals surface area contributed by atoms with Gasteiger partial charge >= 0.3 is 6.18 Å². The number of ketones is 1. The van der Waals surface area contributed by atoms with Crippen LogP contribution in [0.25, 0.3) is 10.9 Å². The summed E-state index contributed by atoms with van der Waals surface area (Å²) < 4.78 is 49.9. The molecule has 11 heteroatoms. The van der Waals surface area contributed by atoms with E-state index in [4.69, 9.17) is 9.47 Å². The Morgan fingerprint density at radius 2 is 2.08 bits per heavy atom. The number of thiazole rings is 1. The summed E-state index contributed by atoms with van der Waals surface area (Å²) >= 11 is 1.23. The lowest BCUT2D eigenvalue weighted by molar-refractivity contribution is -0.153. The number of ether oxygens (including phenoxy) is 2. The van der Waals surface area contributed by atoms with Crippen molar-refractivity contribution in [3.05, 3.63) is 40.5 Å². The molecule has 1 aromatic carbocycles. The van der Waals surface area contributed by atoms with Gasteiger partial charge in [0, 0.05) is 61.5 Å². The molecular weight excluding hydrogens is 505 g/mol. The second-order valence-corrected chi connectivity index (χ2v) is 11.0. The van der Waals surface area contributed by atoms with E-state index in [1.807, 2.05) is 31.4 Å². The highest BCUT2D eigenvalue weighted by molar-refractivity contribution is 7.13. The van der Waals surface area contributed by atoms with Gasteiger partial charge in [0.1, 0.15) is 0 Å². The van der Waals surface area contributed by atoms with Gasteiger partial charge in [-0.1, -0.05) is 23.5 Å². The number of carbonyl (C=O) groups excluding carboxylic acids is 1. The lowest BCUT2D eigenvalue weighted by Gasteiger charge is -2.30. The van der Waals surface area contributed by atoms with Crippen molar-refractivity contribution in [2.45, 2.75) is 50.8 Å². The number of rotatable bonds is 8. The van der Waals surface area contributed by atoms with Gasteiger partial charge in [0.15, 0.2) is 12.4 Å². The first-order valence-corrected chi connectivity index (χ1v) is 13.5. The minimum atomic E-state index is -4.36. The van der Waals surface area contributed by atoms with E-state index >= 15 is 0 Å². The van der Waals surface area contributed by atoms with Crippen LogP contribution in [0.4, 0.5) is 13.2 Å². The number of halogens is 3. The van der Waals surface area contributed by atoms with Crippen molar-refractivity contribution in [1.82, 2.24) is 19.7 Å². The summed E-state index contributed by atoms with van der Waals surface area (Å²) in [6.45, 7) is 1.87. The predicted molar refractivity (Wildman–Crippen MR) is 134 cm³/mol. The largest absolute Gasteiger partial charge is 0.460 e. The predicted octanol–water partition coefficient (Wildman–Crippen LogP) is 4.83. The topological polar surface area (TPSA) is 69.5 Å². The van der Waals surface area contributed by atoms with E-state index in [0.717, 1.165) is 66.8 Å². The molecule has 5 rings (SSSR count). The SMILES string of the molecule is Cn1cc2ccc(C(=O)C[C@H]3CC[C@H](CCN4CCc5nc(OCC(F)(F)F)sc5CC4)OC3)cc2n1. The fraction of sp³-hybridized carbons (Fsp3) is 0.577. The molecule has 1 saturated heterocycles. The molecule has 7 nitrogen and oxygen atoms in total. The van der Waals surface area contributed by atoms with E-state index < -0.39 is 12.8 Å². The van der Waals surface area contributed by atoms with Crippen molar-refractivity contribution in [3.63, 3.8) is 0 Å². The molecule has 2 aliphatic rings. The van der Waals surface area contributed by atoms with Crippen molar-refractivity contribution in [3.8, 4) is 5.19 Å². The lowest BCUT2D eigenvalue weighted by Crippen LogP contribution is -2.33. The van der Waals surface area contributed by atoms with E-state index in [0.29, 0.717) is 25.0 Å². The molecule has 0 unspecified atom stereocenters. The van der Waals surface area contributed by atoms with Gasteiger partial charge in [-0.15, -0.1) is 0 Å². The molecule has 0 N–H and O–H groups in total. The number of Topliss-reactive ketones (excluding diaryl/α,β-unsaturated/α-hetero) is 1. The Labute approximate surface area is 217 Å². The Morgan fingerprint density at radius 3 is 2.86 bits per heavy atom. The number of carbonyl (C=O) groups is 1. The molecule has 0 radical (unpaired) electrons. The standard InChI is InChI=1S/C26H31F3N4O3S/c1-32-14-19-4-3-18(13-22(19)31-32)23(34)12-17-2-5-20(35-15-17)6-9-33-10-7-21-24(8-11-33)37-25(30-21)36-16-26(27,28)29/h3-4,13-14,17,20H,2,5-12,15-16H2,1H3/t17-,20-/m1/s1. The van der Waals surface area contributed by atoms with Crippen LogP contribution in [0, 0.1) is 5.92 Å². The second-order valence-electron chi connectivity index (χ2n) is 9.99. The van der Waals surface area contributed by atoms with E-state index in [9.17, 15) is 18.0 Å². The molecule has 0 spiro atoms. The average Bonchev–Trinajstić information content (AvgIpc) is 3.38. The van der Waals surface area contributed by atoms with Crippen LogP contribution in [-0.2, 0) is 24.6 Å². The van der Waals surface area contributed by atoms with Gasteiger partial charge in [-0.2, -0.15) is 18.3 Å². The molecule has 2 atom stereocenters. The number of hydrogen-bond donors (Lipinski definition) is 0. The summed E-state index contributed by atoms with van der Waals surface area (Å²) in [6, 6.07) is 5.70. The number of nitrogens with zero attached hydrogens (tertiary/aromatic N) is 4. The molecule has 2 aliphatic heterocycles. The van der Waals surface area contributed by atoms with Gasteiger partial charge < -0.3 is 14.4 Å². The minimum Gasteiger partial charge on any atom is -0.460 e. The Balaban J connectivity index is 1.03. The lowest BCUT2D eigenvalue weighted by atomic mass is 9.90. The quantitative estimate of drug-likeness (QED) is 0.384. The monoisotopic (exact) mass is 536 g/mol. The van der Waals surface area contributed by atoms with Crippen molar-refractivity contribution < 1.29 is 27.4 Å². The van der Waals surface area contributed by atoms with Crippen LogP contribution < -0.4 is 4.74 Å². The third-order valence-electron chi connectivity index (χ3n) is 7.09. The fourth-order valence-corrected chi connectivity index (χ4v) is 6.03. The summed E-state index contributed by atoms with van der Waals surface area (Å²) in [6.07, 6.45) is 2.58. The van der Waals surface area contributed by atoms with E-state index in [-0.39, 0.29) is 23.0 Å². The highest BCUT2D eigenvalue weighted by atomic mass is 32.1. The summed E-state index contributed by atoms with van der Waals surface area (Å²) in [7, 11) is 1.87. The van der Waals surface area contributed by atoms with Crippen molar-refractivity contribution in [2.24, 2.45) is 13.0 Å². The summed E-state index contributed by atoms with van der Waals surface area (Å²) in [4.78, 5) is 20.5. The van der Waals surface area contributed by atoms with Crippen LogP contribution in [0.2, 0.25) is 0 Å². The van der Waals surface area contributed by atoms with Crippen molar-refractivity contribution >= 4 is 28.0 Å². The molecule has 0 aliphatic carbocycles.